The van der Waals surface area contributed by atoms with Crippen molar-refractivity contribution in [1.29, 1.82) is 0 Å². The first kappa shape index (κ1) is 45.1. The van der Waals surface area contributed by atoms with Gasteiger partial charge in [-0.2, -0.15) is 0 Å². The highest BCUT2D eigenvalue weighted by Crippen LogP contribution is 2.40. The molecule has 0 aliphatic rings. The summed E-state index contributed by atoms with van der Waals surface area (Å²) in [4.78, 5) is 25.6. The van der Waals surface area contributed by atoms with Gasteiger partial charge >= 0.3 is 11.9 Å². The van der Waals surface area contributed by atoms with Crippen molar-refractivity contribution >= 4 is 21.8 Å². The van der Waals surface area contributed by atoms with Crippen LogP contribution in [0.15, 0.2) is 94.7 Å². The summed E-state index contributed by atoms with van der Waals surface area (Å²) in [6.45, 7) is 4.42. The van der Waals surface area contributed by atoms with Gasteiger partial charge in [-0.3, -0.25) is 9.59 Å². The molecule has 0 aromatic heterocycles. The summed E-state index contributed by atoms with van der Waals surface area (Å²) in [6.07, 6.45) is 20.8. The Bertz CT molecular complexity index is 1800. The van der Waals surface area contributed by atoms with E-state index in [0.717, 1.165) is 51.4 Å². The number of hydrogen-bond donors (Lipinski definition) is 2. The number of unbranched alkanes of at least 4 members (excludes halogenated alkanes) is 16. The molecule has 0 spiro atoms. The van der Waals surface area contributed by atoms with Gasteiger partial charge < -0.3 is 19.7 Å². The number of phenolic OH excluding ortho intramolecular Hbond substituents is 2. The van der Waals surface area contributed by atoms with Crippen molar-refractivity contribution < 1.29 is 37.7 Å². The molecule has 4 aromatic rings. The Morgan fingerprint density at radius 3 is 1.11 bits per heavy atom. The standard InChI is InChI=1S/C48H62O8S/c1-3-5-7-9-11-13-15-17-19-21-47(51)55-41-31-33-45(43(35-41)37-23-27-39(49)28-24-37)57(53,54)46-34-32-42(36-44(46)38-25-29-40(50)30-26-38)56-48(52)22-20-18-16-14-12-10-8-6-4-2/h23-36,49-50H,3-22H2,1-2H3. The number of phenols is 2. The summed E-state index contributed by atoms with van der Waals surface area (Å²) in [5.74, 6) is -0.309. The summed E-state index contributed by atoms with van der Waals surface area (Å²) >= 11 is 0. The molecular weight excluding hydrogens is 737 g/mol. The smallest absolute Gasteiger partial charge is 0.311 e. The van der Waals surface area contributed by atoms with Crippen LogP contribution in [0.4, 0.5) is 0 Å². The maximum atomic E-state index is 14.7. The molecule has 0 radical (unpaired) electrons. The summed E-state index contributed by atoms with van der Waals surface area (Å²) in [5.41, 5.74) is 1.57. The van der Waals surface area contributed by atoms with Gasteiger partial charge in [-0.05, 0) is 84.6 Å². The monoisotopic (exact) mass is 798 g/mol. The summed E-state index contributed by atoms with van der Waals surface area (Å²) in [5, 5.41) is 20.0. The molecule has 9 heteroatoms. The number of ether oxygens (including phenoxy) is 2. The first-order chi connectivity index (χ1) is 27.6. The van der Waals surface area contributed by atoms with Crippen LogP contribution in [0.2, 0.25) is 0 Å². The van der Waals surface area contributed by atoms with Crippen LogP contribution in [-0.2, 0) is 19.4 Å². The fraction of sp³-hybridized carbons (Fsp3) is 0.458. The lowest BCUT2D eigenvalue weighted by Gasteiger charge is -2.17. The third-order valence-corrected chi connectivity index (χ3v) is 12.1. The molecule has 57 heavy (non-hydrogen) atoms. The number of hydrogen-bond acceptors (Lipinski definition) is 8. The van der Waals surface area contributed by atoms with Crippen molar-refractivity contribution in [1.82, 2.24) is 0 Å². The van der Waals surface area contributed by atoms with Gasteiger partial charge in [0.05, 0.1) is 9.79 Å². The highest BCUT2D eigenvalue weighted by molar-refractivity contribution is 7.91. The average molecular weight is 799 g/mol. The molecule has 0 saturated carbocycles. The van der Waals surface area contributed by atoms with Gasteiger partial charge in [0.1, 0.15) is 23.0 Å². The highest BCUT2D eigenvalue weighted by atomic mass is 32.2. The fourth-order valence-electron chi connectivity index (χ4n) is 6.99. The number of sulfone groups is 1. The zero-order valence-electron chi connectivity index (χ0n) is 34.0. The zero-order valence-corrected chi connectivity index (χ0v) is 34.8. The van der Waals surface area contributed by atoms with Crippen molar-refractivity contribution in [2.24, 2.45) is 0 Å². The second-order valence-electron chi connectivity index (χ2n) is 15.0. The molecule has 0 unspecified atom stereocenters. The van der Waals surface area contributed by atoms with Crippen LogP contribution in [-0.4, -0.2) is 30.6 Å². The van der Waals surface area contributed by atoms with E-state index in [4.69, 9.17) is 9.47 Å². The molecule has 0 heterocycles. The fourth-order valence-corrected chi connectivity index (χ4v) is 8.65. The topological polar surface area (TPSA) is 127 Å². The van der Waals surface area contributed by atoms with E-state index in [1.807, 2.05) is 0 Å². The largest absolute Gasteiger partial charge is 0.508 e. The molecule has 8 nitrogen and oxygen atoms in total. The molecule has 0 aliphatic carbocycles. The SMILES string of the molecule is CCCCCCCCCCCC(=O)Oc1ccc(S(=O)(=O)c2ccc(OC(=O)CCCCCCCCCCC)cc2-c2ccc(O)cc2)c(-c2ccc(O)cc2)c1. The van der Waals surface area contributed by atoms with Gasteiger partial charge in [-0.1, -0.05) is 141 Å². The Morgan fingerprint density at radius 1 is 0.456 bits per heavy atom. The van der Waals surface area contributed by atoms with Crippen molar-refractivity contribution in [3.63, 3.8) is 0 Å². The average Bonchev–Trinajstić information content (AvgIpc) is 3.20. The quantitative estimate of drug-likeness (QED) is 0.0365. The Morgan fingerprint density at radius 2 is 0.772 bits per heavy atom. The molecule has 308 valence electrons. The van der Waals surface area contributed by atoms with E-state index < -0.39 is 9.84 Å². The normalized spacial score (nSPS) is 11.4. The first-order valence-electron chi connectivity index (χ1n) is 21.2. The minimum absolute atomic E-state index is 0.0178. The van der Waals surface area contributed by atoms with E-state index in [1.54, 1.807) is 24.3 Å². The summed E-state index contributed by atoms with van der Waals surface area (Å²) in [7, 11) is -4.27. The van der Waals surface area contributed by atoms with Crippen molar-refractivity contribution in [3.8, 4) is 45.3 Å². The number of rotatable bonds is 26. The van der Waals surface area contributed by atoms with Crippen molar-refractivity contribution in [2.75, 3.05) is 0 Å². The van der Waals surface area contributed by atoms with E-state index in [9.17, 15) is 28.2 Å². The predicted octanol–water partition coefficient (Wildman–Crippen LogP) is 12.9. The number of esters is 2. The van der Waals surface area contributed by atoms with Crippen LogP contribution in [0, 0.1) is 0 Å². The zero-order chi connectivity index (χ0) is 40.9. The lowest BCUT2D eigenvalue weighted by Crippen LogP contribution is -2.10. The molecular formula is C48H62O8S. The number of aromatic hydroxyl groups is 2. The van der Waals surface area contributed by atoms with Crippen LogP contribution in [0.1, 0.15) is 142 Å². The third kappa shape index (κ3) is 15.0. The van der Waals surface area contributed by atoms with Crippen LogP contribution in [0.5, 0.6) is 23.0 Å². The van der Waals surface area contributed by atoms with Crippen molar-refractivity contribution in [2.45, 2.75) is 152 Å². The molecule has 4 rings (SSSR count). The maximum Gasteiger partial charge on any atom is 0.311 e. The van der Waals surface area contributed by atoms with Gasteiger partial charge in [-0.25, -0.2) is 8.42 Å². The summed E-state index contributed by atoms with van der Waals surface area (Å²) < 4.78 is 40.8. The predicted molar refractivity (Wildman–Crippen MR) is 227 cm³/mol. The van der Waals surface area contributed by atoms with Crippen LogP contribution in [0.3, 0.4) is 0 Å². The first-order valence-corrected chi connectivity index (χ1v) is 22.6. The van der Waals surface area contributed by atoms with Gasteiger partial charge in [0.2, 0.25) is 9.84 Å². The molecule has 2 N–H and O–H groups in total. The molecule has 0 saturated heterocycles. The molecule has 0 bridgehead atoms. The van der Waals surface area contributed by atoms with E-state index in [1.165, 1.54) is 125 Å². The van der Waals surface area contributed by atoms with E-state index in [-0.39, 0.29) is 68.7 Å². The van der Waals surface area contributed by atoms with Gasteiger partial charge in [0, 0.05) is 24.0 Å². The Kier molecular flexibility index (Phi) is 19.1. The van der Waals surface area contributed by atoms with E-state index in [2.05, 4.69) is 13.8 Å². The van der Waals surface area contributed by atoms with Crippen LogP contribution in [0.25, 0.3) is 22.3 Å². The highest BCUT2D eigenvalue weighted by Gasteiger charge is 2.27. The minimum atomic E-state index is -4.27. The van der Waals surface area contributed by atoms with E-state index >= 15 is 0 Å². The lowest BCUT2D eigenvalue weighted by atomic mass is 10.0. The maximum absolute atomic E-state index is 14.7. The number of benzene rings is 4. The van der Waals surface area contributed by atoms with Gasteiger partial charge in [0.25, 0.3) is 0 Å². The molecule has 0 aliphatic heterocycles. The minimum Gasteiger partial charge on any atom is -0.508 e. The molecule has 0 atom stereocenters. The van der Waals surface area contributed by atoms with Gasteiger partial charge in [0.15, 0.2) is 0 Å². The Balaban J connectivity index is 1.52. The second-order valence-corrected chi connectivity index (χ2v) is 16.9. The number of carbonyl (C=O) groups is 2. The van der Waals surface area contributed by atoms with Crippen molar-refractivity contribution in [3.05, 3.63) is 84.9 Å². The lowest BCUT2D eigenvalue weighted by molar-refractivity contribution is -0.135. The Hall–Kier alpha value is -4.63. The molecule has 0 fully saturated rings. The third-order valence-electron chi connectivity index (χ3n) is 10.3. The second kappa shape index (κ2) is 24.2. The molecule has 0 amide bonds. The van der Waals surface area contributed by atoms with Gasteiger partial charge in [-0.15, -0.1) is 0 Å². The molecule has 4 aromatic carbocycles. The van der Waals surface area contributed by atoms with Crippen LogP contribution >= 0.6 is 0 Å². The van der Waals surface area contributed by atoms with E-state index in [0.29, 0.717) is 11.1 Å². The van der Waals surface area contributed by atoms with Crippen LogP contribution < -0.4 is 9.47 Å². The Labute approximate surface area is 340 Å². The summed E-state index contributed by atoms with van der Waals surface area (Å²) in [6, 6.07) is 21.2. The number of carbonyl (C=O) groups excluding carboxylic acids is 2.